The van der Waals surface area contributed by atoms with Gasteiger partial charge in [-0.2, -0.15) is 17.5 Å². The Kier molecular flexibility index (Phi) is 6.65. The maximum absolute atomic E-state index is 13.0. The van der Waals surface area contributed by atoms with Crippen molar-refractivity contribution in [3.63, 3.8) is 0 Å². The minimum atomic E-state index is -4.76. The number of hydrogen-bond acceptors (Lipinski definition) is 3. The Morgan fingerprint density at radius 1 is 1.11 bits per heavy atom. The van der Waals surface area contributed by atoms with Crippen LogP contribution in [-0.2, 0) is 21.0 Å². The van der Waals surface area contributed by atoms with Crippen LogP contribution < -0.4 is 5.32 Å². The Balaban J connectivity index is 2.59. The second-order valence-electron chi connectivity index (χ2n) is 5.73. The van der Waals surface area contributed by atoms with Crippen molar-refractivity contribution < 1.29 is 26.4 Å². The van der Waals surface area contributed by atoms with Gasteiger partial charge in [0, 0.05) is 19.1 Å². The number of benzene rings is 2. The fourth-order valence-corrected chi connectivity index (χ4v) is 4.41. The van der Waals surface area contributed by atoms with Gasteiger partial charge in [-0.05, 0) is 35.9 Å². The molecule has 28 heavy (non-hydrogen) atoms. The van der Waals surface area contributed by atoms with Crippen LogP contribution in [0.3, 0.4) is 0 Å². The number of sulfonamides is 1. The Morgan fingerprint density at radius 2 is 1.68 bits per heavy atom. The molecular formula is C17H15Cl2F3N2O3S. The summed E-state index contributed by atoms with van der Waals surface area (Å²) >= 11 is 11.7. The van der Waals surface area contributed by atoms with Crippen molar-refractivity contribution in [1.29, 1.82) is 0 Å². The molecule has 0 aliphatic heterocycles. The van der Waals surface area contributed by atoms with E-state index in [1.807, 2.05) is 0 Å². The number of likely N-dealkylation sites (N-methyl/N-ethyl adjacent to an activating group) is 2. The lowest BCUT2D eigenvalue weighted by Gasteiger charge is -2.27. The lowest BCUT2D eigenvalue weighted by molar-refractivity contribution is -0.137. The molecule has 5 nitrogen and oxygen atoms in total. The van der Waals surface area contributed by atoms with Crippen molar-refractivity contribution in [3.8, 4) is 0 Å². The maximum Gasteiger partial charge on any atom is 0.416 e. The van der Waals surface area contributed by atoms with Crippen LogP contribution in [0.1, 0.15) is 17.2 Å². The van der Waals surface area contributed by atoms with E-state index in [2.05, 4.69) is 5.32 Å². The molecule has 0 heterocycles. The summed E-state index contributed by atoms with van der Waals surface area (Å²) in [5, 5.41) is 2.31. The highest BCUT2D eigenvalue weighted by Gasteiger charge is 2.37. The molecule has 0 fully saturated rings. The third-order valence-electron chi connectivity index (χ3n) is 3.96. The molecule has 1 atom stereocenters. The highest BCUT2D eigenvalue weighted by molar-refractivity contribution is 7.89. The SMILES string of the molecule is CNC(=O)C(c1ccc(Cl)cc1)N(C)S(=O)(=O)c1cc(C(F)(F)F)ccc1Cl. The van der Waals surface area contributed by atoms with E-state index in [0.29, 0.717) is 21.5 Å². The normalized spacial score (nSPS) is 13.4. The van der Waals surface area contributed by atoms with E-state index in [0.717, 1.165) is 13.1 Å². The Bertz CT molecular complexity index is 980. The van der Waals surface area contributed by atoms with Gasteiger partial charge in [0.25, 0.3) is 0 Å². The summed E-state index contributed by atoms with van der Waals surface area (Å²) < 4.78 is 65.7. The molecule has 0 spiro atoms. The van der Waals surface area contributed by atoms with E-state index in [4.69, 9.17) is 23.2 Å². The number of carbonyl (C=O) groups excluding carboxylic acids is 1. The highest BCUT2D eigenvalue weighted by atomic mass is 35.5. The van der Waals surface area contributed by atoms with Crippen LogP contribution in [-0.4, -0.2) is 32.7 Å². The molecule has 0 aromatic heterocycles. The number of hydrogen-bond donors (Lipinski definition) is 1. The second-order valence-corrected chi connectivity index (χ2v) is 8.54. The van der Waals surface area contributed by atoms with Crippen LogP contribution in [0.25, 0.3) is 0 Å². The van der Waals surface area contributed by atoms with Gasteiger partial charge >= 0.3 is 6.18 Å². The van der Waals surface area contributed by atoms with Crippen LogP contribution >= 0.6 is 23.2 Å². The smallest absolute Gasteiger partial charge is 0.357 e. The van der Waals surface area contributed by atoms with Crippen LogP contribution in [0.5, 0.6) is 0 Å². The maximum atomic E-state index is 13.0. The van der Waals surface area contributed by atoms with Crippen molar-refractivity contribution in [3.05, 3.63) is 63.6 Å². The van der Waals surface area contributed by atoms with Gasteiger partial charge in [0.15, 0.2) is 0 Å². The monoisotopic (exact) mass is 454 g/mol. The van der Waals surface area contributed by atoms with Gasteiger partial charge in [0.05, 0.1) is 10.6 Å². The molecular weight excluding hydrogens is 440 g/mol. The Labute approximate surface area is 170 Å². The van der Waals surface area contributed by atoms with E-state index >= 15 is 0 Å². The first-order valence-electron chi connectivity index (χ1n) is 7.71. The quantitative estimate of drug-likeness (QED) is 0.738. The minimum Gasteiger partial charge on any atom is -0.357 e. The molecule has 0 saturated heterocycles. The lowest BCUT2D eigenvalue weighted by Crippen LogP contribution is -2.40. The predicted molar refractivity (Wildman–Crippen MR) is 99.7 cm³/mol. The zero-order valence-electron chi connectivity index (χ0n) is 14.6. The number of alkyl halides is 3. The molecule has 152 valence electrons. The second kappa shape index (κ2) is 8.28. The van der Waals surface area contributed by atoms with Crippen molar-refractivity contribution >= 4 is 39.1 Å². The van der Waals surface area contributed by atoms with Gasteiger partial charge in [-0.25, -0.2) is 8.42 Å². The molecule has 11 heteroatoms. The Morgan fingerprint density at radius 3 is 2.18 bits per heavy atom. The van der Waals surface area contributed by atoms with Crippen LogP contribution in [0.2, 0.25) is 10.0 Å². The topological polar surface area (TPSA) is 66.5 Å². The number of carbonyl (C=O) groups is 1. The third kappa shape index (κ3) is 4.60. The van der Waals surface area contributed by atoms with Gasteiger partial charge < -0.3 is 5.32 Å². The molecule has 1 N–H and O–H groups in total. The molecule has 0 aliphatic rings. The zero-order chi connectivity index (χ0) is 21.3. The first kappa shape index (κ1) is 22.5. The van der Waals surface area contributed by atoms with Gasteiger partial charge in [0.1, 0.15) is 10.9 Å². The fourth-order valence-electron chi connectivity index (χ4n) is 2.48. The standard InChI is InChI=1S/C17H15Cl2F3N2O3S/c1-23-16(25)15(10-3-6-12(18)7-4-10)24(2)28(26,27)14-9-11(17(20,21)22)5-8-13(14)19/h3-9,15H,1-2H3,(H,23,25). The van der Waals surface area contributed by atoms with Gasteiger partial charge in [-0.15, -0.1) is 0 Å². The summed E-state index contributed by atoms with van der Waals surface area (Å²) in [6.07, 6.45) is -4.76. The molecule has 2 aromatic carbocycles. The number of amides is 1. The van der Waals surface area contributed by atoms with Crippen LogP contribution in [0.15, 0.2) is 47.4 Å². The lowest BCUT2D eigenvalue weighted by atomic mass is 10.1. The molecule has 0 bridgehead atoms. The largest absolute Gasteiger partial charge is 0.416 e. The molecule has 0 radical (unpaired) electrons. The van der Waals surface area contributed by atoms with Crippen molar-refractivity contribution in [1.82, 2.24) is 9.62 Å². The molecule has 2 aromatic rings. The predicted octanol–water partition coefficient (Wildman–Crippen LogP) is 4.12. The minimum absolute atomic E-state index is 0.276. The first-order chi connectivity index (χ1) is 12.9. The number of nitrogens with one attached hydrogen (secondary N) is 1. The number of rotatable bonds is 5. The summed E-state index contributed by atoms with van der Waals surface area (Å²) in [4.78, 5) is 11.6. The molecule has 0 saturated carbocycles. The van der Waals surface area contributed by atoms with Gasteiger partial charge in [0.2, 0.25) is 15.9 Å². The molecule has 2 rings (SSSR count). The fraction of sp³-hybridized carbons (Fsp3) is 0.235. The summed E-state index contributed by atoms with van der Waals surface area (Å²) in [5.41, 5.74) is -0.898. The zero-order valence-corrected chi connectivity index (χ0v) is 16.9. The van der Waals surface area contributed by atoms with E-state index in [-0.39, 0.29) is 5.56 Å². The summed E-state index contributed by atoms with van der Waals surface area (Å²) in [6, 6.07) is 6.44. The van der Waals surface area contributed by atoms with Crippen molar-refractivity contribution in [2.75, 3.05) is 14.1 Å². The third-order valence-corrected chi connectivity index (χ3v) is 6.52. The van der Waals surface area contributed by atoms with Gasteiger partial charge in [-0.3, -0.25) is 4.79 Å². The average Bonchev–Trinajstić information content (AvgIpc) is 2.62. The summed E-state index contributed by atoms with van der Waals surface area (Å²) in [7, 11) is -2.17. The van der Waals surface area contributed by atoms with E-state index in [9.17, 15) is 26.4 Å². The van der Waals surface area contributed by atoms with E-state index in [1.54, 1.807) is 0 Å². The van der Waals surface area contributed by atoms with E-state index in [1.165, 1.54) is 31.3 Å². The summed E-state index contributed by atoms with van der Waals surface area (Å²) in [6.45, 7) is 0. The van der Waals surface area contributed by atoms with Gasteiger partial charge in [-0.1, -0.05) is 35.3 Å². The first-order valence-corrected chi connectivity index (χ1v) is 9.91. The van der Waals surface area contributed by atoms with Crippen LogP contribution in [0.4, 0.5) is 13.2 Å². The Hall–Kier alpha value is -1.81. The number of halogens is 5. The van der Waals surface area contributed by atoms with Crippen molar-refractivity contribution in [2.45, 2.75) is 17.1 Å². The van der Waals surface area contributed by atoms with E-state index < -0.39 is 43.6 Å². The average molecular weight is 455 g/mol. The summed E-state index contributed by atoms with van der Waals surface area (Å²) in [5.74, 6) is -0.684. The molecule has 1 unspecified atom stereocenters. The number of nitrogens with zero attached hydrogens (tertiary/aromatic N) is 1. The molecule has 0 aliphatic carbocycles. The molecule has 1 amide bonds. The van der Waals surface area contributed by atoms with Crippen LogP contribution in [0, 0.1) is 0 Å². The highest BCUT2D eigenvalue weighted by Crippen LogP contribution is 2.36. The van der Waals surface area contributed by atoms with Crippen molar-refractivity contribution in [2.24, 2.45) is 0 Å².